The minimum atomic E-state index is -3.46. The molecule has 2 aromatic rings. The van der Waals surface area contributed by atoms with Crippen LogP contribution in [0.1, 0.15) is 30.7 Å². The summed E-state index contributed by atoms with van der Waals surface area (Å²) in [5.41, 5.74) is 0.848. The fraction of sp³-hybridized carbons (Fsp3) is 0.429. The van der Waals surface area contributed by atoms with Crippen LogP contribution < -0.4 is 0 Å². The zero-order valence-electron chi connectivity index (χ0n) is 11.8. The molecule has 6 nitrogen and oxygen atoms in total. The largest absolute Gasteiger partial charge is 0.343 e. The van der Waals surface area contributed by atoms with Gasteiger partial charge in [0.2, 0.25) is 16.4 Å². The van der Waals surface area contributed by atoms with Crippen molar-refractivity contribution >= 4 is 10.0 Å². The van der Waals surface area contributed by atoms with Gasteiger partial charge < -0.3 is 4.52 Å². The minimum Gasteiger partial charge on any atom is -0.343 e. The molecule has 1 fully saturated rings. The SMILES string of the molecule is CCc1ccccc1S(=O)(=O)N1CC[C@@H](c2ncon2)C1. The molecule has 0 saturated carbocycles. The van der Waals surface area contributed by atoms with Crippen molar-refractivity contribution in [3.63, 3.8) is 0 Å². The monoisotopic (exact) mass is 307 g/mol. The Balaban J connectivity index is 1.86. The Labute approximate surface area is 123 Å². The summed E-state index contributed by atoms with van der Waals surface area (Å²) in [6.07, 6.45) is 2.68. The van der Waals surface area contributed by atoms with Crippen molar-refractivity contribution in [1.29, 1.82) is 0 Å². The molecular formula is C14H17N3O3S. The maximum atomic E-state index is 12.8. The van der Waals surface area contributed by atoms with E-state index in [-0.39, 0.29) is 5.92 Å². The molecule has 3 rings (SSSR count). The molecule has 1 aliphatic rings. The third kappa shape index (κ3) is 2.58. The van der Waals surface area contributed by atoms with Gasteiger partial charge in [0.1, 0.15) is 0 Å². The Hall–Kier alpha value is -1.73. The molecule has 0 unspecified atom stereocenters. The number of hydrogen-bond acceptors (Lipinski definition) is 5. The highest BCUT2D eigenvalue weighted by molar-refractivity contribution is 7.89. The summed E-state index contributed by atoms with van der Waals surface area (Å²) in [5.74, 6) is 0.587. The highest BCUT2D eigenvalue weighted by Gasteiger charge is 2.35. The van der Waals surface area contributed by atoms with Gasteiger partial charge in [0.25, 0.3) is 0 Å². The molecule has 21 heavy (non-hydrogen) atoms. The highest BCUT2D eigenvalue weighted by atomic mass is 32.2. The summed E-state index contributed by atoms with van der Waals surface area (Å²) < 4.78 is 31.8. The molecule has 1 aromatic heterocycles. The number of aryl methyl sites for hydroxylation is 1. The second kappa shape index (κ2) is 5.57. The second-order valence-corrected chi connectivity index (χ2v) is 7.01. The first kappa shape index (κ1) is 14.2. The van der Waals surface area contributed by atoms with Crippen LogP contribution in [-0.2, 0) is 16.4 Å². The third-order valence-corrected chi connectivity index (χ3v) is 5.83. The van der Waals surface area contributed by atoms with Crippen LogP contribution in [0.5, 0.6) is 0 Å². The lowest BCUT2D eigenvalue weighted by atomic mass is 10.1. The van der Waals surface area contributed by atoms with E-state index < -0.39 is 10.0 Å². The van der Waals surface area contributed by atoms with Crippen LogP contribution in [0.25, 0.3) is 0 Å². The smallest absolute Gasteiger partial charge is 0.243 e. The van der Waals surface area contributed by atoms with Gasteiger partial charge in [-0.1, -0.05) is 30.3 Å². The molecular weight excluding hydrogens is 290 g/mol. The van der Waals surface area contributed by atoms with Crippen LogP contribution >= 0.6 is 0 Å². The Morgan fingerprint density at radius 1 is 1.38 bits per heavy atom. The average molecular weight is 307 g/mol. The second-order valence-electron chi connectivity index (χ2n) is 5.10. The van der Waals surface area contributed by atoms with Crippen molar-refractivity contribution in [3.05, 3.63) is 42.0 Å². The molecule has 7 heteroatoms. The van der Waals surface area contributed by atoms with E-state index in [9.17, 15) is 8.42 Å². The molecule has 0 bridgehead atoms. The van der Waals surface area contributed by atoms with E-state index in [1.165, 1.54) is 10.7 Å². The van der Waals surface area contributed by atoms with Crippen LogP contribution in [0.4, 0.5) is 0 Å². The van der Waals surface area contributed by atoms with Crippen LogP contribution in [0.2, 0.25) is 0 Å². The topological polar surface area (TPSA) is 76.3 Å². The van der Waals surface area contributed by atoms with Crippen molar-refractivity contribution in [2.24, 2.45) is 0 Å². The third-order valence-electron chi connectivity index (χ3n) is 3.87. The summed E-state index contributed by atoms with van der Waals surface area (Å²) in [6.45, 7) is 2.85. The minimum absolute atomic E-state index is 0.00677. The van der Waals surface area contributed by atoms with Gasteiger partial charge in [-0.3, -0.25) is 0 Å². The highest BCUT2D eigenvalue weighted by Crippen LogP contribution is 2.30. The van der Waals surface area contributed by atoms with Gasteiger partial charge in [0.05, 0.1) is 4.90 Å². The summed E-state index contributed by atoms with van der Waals surface area (Å²) in [6, 6.07) is 7.16. The van der Waals surface area contributed by atoms with Gasteiger partial charge in [0.15, 0.2) is 5.82 Å². The molecule has 1 aliphatic heterocycles. The summed E-state index contributed by atoms with van der Waals surface area (Å²) >= 11 is 0. The molecule has 2 heterocycles. The van der Waals surface area contributed by atoms with E-state index in [1.54, 1.807) is 12.1 Å². The van der Waals surface area contributed by atoms with Crippen molar-refractivity contribution in [1.82, 2.24) is 14.4 Å². The number of rotatable bonds is 4. The lowest BCUT2D eigenvalue weighted by Gasteiger charge is -2.18. The number of nitrogens with zero attached hydrogens (tertiary/aromatic N) is 3. The van der Waals surface area contributed by atoms with E-state index in [0.29, 0.717) is 36.7 Å². The standard InChI is InChI=1S/C14H17N3O3S/c1-2-11-5-3-4-6-13(11)21(18,19)17-8-7-12(9-17)14-15-10-20-16-14/h3-6,10,12H,2,7-9H2,1H3/t12-/m1/s1. The Morgan fingerprint density at radius 3 is 2.90 bits per heavy atom. The Kier molecular flexibility index (Phi) is 3.77. The van der Waals surface area contributed by atoms with Gasteiger partial charge in [-0.2, -0.15) is 9.29 Å². The molecule has 0 aliphatic carbocycles. The number of benzene rings is 1. The summed E-state index contributed by atoms with van der Waals surface area (Å²) in [5, 5.41) is 3.81. The first-order valence-corrected chi connectivity index (χ1v) is 8.41. The molecule has 1 atom stereocenters. The first-order valence-electron chi connectivity index (χ1n) is 6.97. The molecule has 0 N–H and O–H groups in total. The zero-order valence-corrected chi connectivity index (χ0v) is 12.6. The Morgan fingerprint density at radius 2 is 2.19 bits per heavy atom. The molecule has 1 saturated heterocycles. The van der Waals surface area contributed by atoms with E-state index in [0.717, 1.165) is 5.56 Å². The lowest BCUT2D eigenvalue weighted by molar-refractivity contribution is 0.403. The van der Waals surface area contributed by atoms with E-state index >= 15 is 0 Å². The van der Waals surface area contributed by atoms with Gasteiger partial charge in [-0.25, -0.2) is 8.42 Å². The predicted molar refractivity (Wildman–Crippen MR) is 76.2 cm³/mol. The summed E-state index contributed by atoms with van der Waals surface area (Å²) in [4.78, 5) is 4.43. The van der Waals surface area contributed by atoms with E-state index in [2.05, 4.69) is 10.1 Å². The number of aromatic nitrogens is 2. The zero-order chi connectivity index (χ0) is 14.9. The quantitative estimate of drug-likeness (QED) is 0.861. The van der Waals surface area contributed by atoms with Crippen LogP contribution in [0.15, 0.2) is 40.1 Å². The van der Waals surface area contributed by atoms with Crippen LogP contribution in [0.3, 0.4) is 0 Å². The number of sulfonamides is 1. The maximum absolute atomic E-state index is 12.8. The van der Waals surface area contributed by atoms with Gasteiger partial charge in [0, 0.05) is 19.0 Å². The van der Waals surface area contributed by atoms with Crippen molar-refractivity contribution in [2.45, 2.75) is 30.6 Å². The van der Waals surface area contributed by atoms with E-state index in [1.807, 2.05) is 19.1 Å². The maximum Gasteiger partial charge on any atom is 0.243 e. The average Bonchev–Trinajstić information content (AvgIpc) is 3.17. The molecule has 0 amide bonds. The predicted octanol–water partition coefficient (Wildman–Crippen LogP) is 1.81. The van der Waals surface area contributed by atoms with Gasteiger partial charge in [-0.05, 0) is 24.5 Å². The van der Waals surface area contributed by atoms with E-state index in [4.69, 9.17) is 4.52 Å². The van der Waals surface area contributed by atoms with Crippen LogP contribution in [-0.4, -0.2) is 36.0 Å². The fourth-order valence-corrected chi connectivity index (χ4v) is 4.50. The first-order chi connectivity index (χ1) is 10.1. The fourth-order valence-electron chi connectivity index (χ4n) is 2.70. The normalized spacial score (nSPS) is 20.0. The van der Waals surface area contributed by atoms with Gasteiger partial charge >= 0.3 is 0 Å². The summed E-state index contributed by atoms with van der Waals surface area (Å²) in [7, 11) is -3.46. The lowest BCUT2D eigenvalue weighted by Crippen LogP contribution is -2.29. The number of hydrogen-bond donors (Lipinski definition) is 0. The molecule has 0 radical (unpaired) electrons. The Bertz CT molecular complexity index is 713. The molecule has 0 spiro atoms. The van der Waals surface area contributed by atoms with Crippen LogP contribution in [0, 0.1) is 0 Å². The van der Waals surface area contributed by atoms with Crippen molar-refractivity contribution < 1.29 is 12.9 Å². The molecule has 1 aromatic carbocycles. The van der Waals surface area contributed by atoms with Crippen molar-refractivity contribution in [3.8, 4) is 0 Å². The van der Waals surface area contributed by atoms with Gasteiger partial charge in [-0.15, -0.1) is 0 Å². The molecule has 112 valence electrons. The van der Waals surface area contributed by atoms with Crippen molar-refractivity contribution in [2.75, 3.05) is 13.1 Å².